The molecule has 3 nitrogen and oxygen atoms in total. The summed E-state index contributed by atoms with van der Waals surface area (Å²) in [5, 5.41) is 0. The van der Waals surface area contributed by atoms with Gasteiger partial charge < -0.3 is 4.74 Å². The Morgan fingerprint density at radius 1 is 0.806 bits per heavy atom. The first-order valence-electron chi connectivity index (χ1n) is 10.9. The van der Waals surface area contributed by atoms with E-state index in [-0.39, 0.29) is 11.0 Å². The summed E-state index contributed by atoms with van der Waals surface area (Å²) >= 11 is 0. The lowest BCUT2D eigenvalue weighted by Crippen LogP contribution is -2.22. The zero-order chi connectivity index (χ0) is 22.4. The highest BCUT2D eigenvalue weighted by molar-refractivity contribution is 5.72. The first kappa shape index (κ1) is 21.2. The van der Waals surface area contributed by atoms with Crippen molar-refractivity contribution < 1.29 is 4.74 Å². The fourth-order valence-corrected chi connectivity index (χ4v) is 3.83. The topological polar surface area (TPSA) is 26.5 Å². The molecule has 0 saturated heterocycles. The van der Waals surface area contributed by atoms with Crippen molar-refractivity contribution in [3.8, 4) is 28.1 Å². The molecule has 0 spiro atoms. The quantitative estimate of drug-likeness (QED) is 0.349. The van der Waals surface area contributed by atoms with Gasteiger partial charge in [0.1, 0.15) is 17.0 Å². The summed E-state index contributed by atoms with van der Waals surface area (Å²) in [5.74, 6) is 0.876. The van der Waals surface area contributed by atoms with E-state index in [1.54, 1.807) is 0 Å². The number of hydrogen-bond acceptors (Lipinski definition) is 2. The largest absolute Gasteiger partial charge is 0.488 e. The molecule has 0 saturated carbocycles. The van der Waals surface area contributed by atoms with Crippen LogP contribution in [0.3, 0.4) is 0 Å². The van der Waals surface area contributed by atoms with Crippen LogP contribution < -0.4 is 4.74 Å². The molecule has 3 heteroatoms. The second-order valence-corrected chi connectivity index (χ2v) is 10.3. The lowest BCUT2D eigenvalue weighted by atomic mass is 9.86. The van der Waals surface area contributed by atoms with Gasteiger partial charge in [0.25, 0.3) is 0 Å². The highest BCUT2D eigenvalue weighted by Crippen LogP contribution is 2.31. The number of ether oxygens (including phenoxy) is 1. The molecule has 0 unspecified atom stereocenters. The van der Waals surface area contributed by atoms with E-state index < -0.39 is 0 Å². The van der Waals surface area contributed by atoms with Crippen molar-refractivity contribution in [1.29, 1.82) is 0 Å². The van der Waals surface area contributed by atoms with E-state index in [2.05, 4.69) is 107 Å². The lowest BCUT2D eigenvalue weighted by Gasteiger charge is -2.21. The Morgan fingerprint density at radius 2 is 1.42 bits per heavy atom. The van der Waals surface area contributed by atoms with Gasteiger partial charge in [0.15, 0.2) is 0 Å². The van der Waals surface area contributed by atoms with Crippen LogP contribution in [0.2, 0.25) is 0 Å². The van der Waals surface area contributed by atoms with Gasteiger partial charge in [-0.25, -0.2) is 4.98 Å². The Hall–Kier alpha value is -3.07. The number of benzene rings is 2. The third-order valence-electron chi connectivity index (χ3n) is 5.49. The molecule has 0 amide bonds. The third-order valence-corrected chi connectivity index (χ3v) is 5.49. The van der Waals surface area contributed by atoms with Gasteiger partial charge in [-0.15, -0.1) is 0 Å². The van der Waals surface area contributed by atoms with E-state index in [0.29, 0.717) is 0 Å². The van der Waals surface area contributed by atoms with Crippen molar-refractivity contribution in [2.75, 3.05) is 0 Å². The fourth-order valence-electron chi connectivity index (χ4n) is 3.83. The average molecular weight is 413 g/mol. The molecule has 0 bridgehead atoms. The van der Waals surface area contributed by atoms with Crippen molar-refractivity contribution in [2.24, 2.45) is 0 Å². The van der Waals surface area contributed by atoms with Crippen molar-refractivity contribution in [3.63, 3.8) is 0 Å². The number of fused-ring (bicyclic) bond motifs is 1. The van der Waals surface area contributed by atoms with Gasteiger partial charge in [0.2, 0.25) is 0 Å². The molecule has 0 radical (unpaired) electrons. The highest BCUT2D eigenvalue weighted by atomic mass is 16.5. The summed E-state index contributed by atoms with van der Waals surface area (Å²) in [6, 6.07) is 19.3. The smallest absolute Gasteiger partial charge is 0.137 e. The van der Waals surface area contributed by atoms with Crippen LogP contribution in [0.15, 0.2) is 67.0 Å². The summed E-state index contributed by atoms with van der Waals surface area (Å²) in [4.78, 5) is 4.65. The molecule has 0 atom stereocenters. The minimum absolute atomic E-state index is 0.151. The zero-order valence-corrected chi connectivity index (χ0v) is 19.7. The minimum Gasteiger partial charge on any atom is -0.488 e. The van der Waals surface area contributed by atoms with E-state index in [4.69, 9.17) is 4.74 Å². The number of nitrogens with zero attached hydrogens (tertiary/aromatic N) is 2. The molecule has 0 aliphatic heterocycles. The molecule has 0 aliphatic rings. The second kappa shape index (κ2) is 7.56. The van der Waals surface area contributed by atoms with Gasteiger partial charge in [0.05, 0.1) is 11.9 Å². The Bertz CT molecular complexity index is 1200. The van der Waals surface area contributed by atoms with Crippen molar-refractivity contribution >= 4 is 5.65 Å². The summed E-state index contributed by atoms with van der Waals surface area (Å²) < 4.78 is 8.15. The SMILES string of the molecule is Cc1cc2ncc(-c3ccc(OC(C)(C)C)cc3)n2cc1-c1ccc(C(C)(C)C)cc1. The van der Waals surface area contributed by atoms with Crippen molar-refractivity contribution in [2.45, 2.75) is 59.5 Å². The fraction of sp³-hybridized carbons (Fsp3) is 0.321. The third kappa shape index (κ3) is 4.51. The van der Waals surface area contributed by atoms with Crippen LogP contribution in [-0.4, -0.2) is 15.0 Å². The highest BCUT2D eigenvalue weighted by Gasteiger charge is 2.15. The van der Waals surface area contributed by atoms with Gasteiger partial charge in [0, 0.05) is 17.3 Å². The molecule has 0 N–H and O–H groups in total. The summed E-state index contributed by atoms with van der Waals surface area (Å²) in [6.45, 7) is 15.1. The van der Waals surface area contributed by atoms with Crippen molar-refractivity contribution in [1.82, 2.24) is 9.38 Å². The van der Waals surface area contributed by atoms with Crippen LogP contribution in [0.5, 0.6) is 5.75 Å². The zero-order valence-electron chi connectivity index (χ0n) is 19.7. The average Bonchev–Trinajstić information content (AvgIpc) is 3.09. The molecule has 160 valence electrons. The number of aryl methyl sites for hydroxylation is 1. The van der Waals surface area contributed by atoms with E-state index in [9.17, 15) is 0 Å². The van der Waals surface area contributed by atoms with Crippen LogP contribution >= 0.6 is 0 Å². The summed E-state index contributed by atoms with van der Waals surface area (Å²) in [7, 11) is 0. The van der Waals surface area contributed by atoms with Gasteiger partial charge in [-0.05, 0) is 80.1 Å². The molecule has 0 fully saturated rings. The maximum atomic E-state index is 5.97. The molecule has 2 aromatic heterocycles. The molecule has 0 aliphatic carbocycles. The lowest BCUT2D eigenvalue weighted by molar-refractivity contribution is 0.131. The maximum absolute atomic E-state index is 5.97. The molecule has 2 aromatic carbocycles. The van der Waals surface area contributed by atoms with Crippen LogP contribution in [-0.2, 0) is 5.41 Å². The Kier molecular flexibility index (Phi) is 5.17. The number of imidazole rings is 1. The summed E-state index contributed by atoms with van der Waals surface area (Å²) in [6.07, 6.45) is 4.15. The predicted octanol–water partition coefficient (Wildman–Crippen LogP) is 7.45. The van der Waals surface area contributed by atoms with Gasteiger partial charge >= 0.3 is 0 Å². The standard InChI is InChI=1S/C28H32N2O/c1-19-16-26-29-17-25(21-10-14-23(15-11-21)31-28(5,6)7)30(26)18-24(19)20-8-12-22(13-9-20)27(2,3)4/h8-18H,1-7H3. The van der Waals surface area contributed by atoms with E-state index in [0.717, 1.165) is 22.7 Å². The molecule has 2 heterocycles. The number of rotatable bonds is 3. The number of pyridine rings is 1. The maximum Gasteiger partial charge on any atom is 0.137 e. The second-order valence-electron chi connectivity index (χ2n) is 10.3. The van der Waals surface area contributed by atoms with Gasteiger partial charge in [-0.2, -0.15) is 0 Å². The van der Waals surface area contributed by atoms with E-state index >= 15 is 0 Å². The Morgan fingerprint density at radius 3 is 2.00 bits per heavy atom. The van der Waals surface area contributed by atoms with Crippen LogP contribution in [0.1, 0.15) is 52.7 Å². The number of hydrogen-bond donors (Lipinski definition) is 0. The van der Waals surface area contributed by atoms with Crippen LogP contribution in [0.4, 0.5) is 0 Å². The molecule has 4 aromatic rings. The number of aromatic nitrogens is 2. The monoisotopic (exact) mass is 412 g/mol. The molecular weight excluding hydrogens is 380 g/mol. The van der Waals surface area contributed by atoms with Crippen LogP contribution in [0.25, 0.3) is 28.0 Å². The van der Waals surface area contributed by atoms with Crippen molar-refractivity contribution in [3.05, 3.63) is 78.1 Å². The van der Waals surface area contributed by atoms with Crippen LogP contribution in [0, 0.1) is 6.92 Å². The van der Waals surface area contributed by atoms with E-state index in [1.807, 2.05) is 18.3 Å². The Labute approximate surface area is 185 Å². The van der Waals surface area contributed by atoms with E-state index in [1.165, 1.54) is 22.3 Å². The minimum atomic E-state index is -0.209. The molecule has 4 rings (SSSR count). The predicted molar refractivity (Wildman–Crippen MR) is 130 cm³/mol. The molecular formula is C28H32N2O. The van der Waals surface area contributed by atoms with Gasteiger partial charge in [-0.1, -0.05) is 45.0 Å². The molecule has 31 heavy (non-hydrogen) atoms. The van der Waals surface area contributed by atoms with Gasteiger partial charge in [-0.3, -0.25) is 4.40 Å². The first-order valence-corrected chi connectivity index (χ1v) is 10.9. The normalized spacial score (nSPS) is 12.4. The summed E-state index contributed by atoms with van der Waals surface area (Å²) in [5.41, 5.74) is 8.10. The first-order chi connectivity index (χ1) is 14.5. The Balaban J connectivity index is 1.73.